The van der Waals surface area contributed by atoms with Gasteiger partial charge in [0.25, 0.3) is 0 Å². The molecule has 3 rings (SSSR count). The van der Waals surface area contributed by atoms with E-state index in [1.54, 1.807) is 0 Å². The lowest BCUT2D eigenvalue weighted by Gasteiger charge is -2.42. The van der Waals surface area contributed by atoms with Crippen LogP contribution in [0.2, 0.25) is 0 Å². The van der Waals surface area contributed by atoms with Gasteiger partial charge in [0, 0.05) is 3.92 Å². The van der Waals surface area contributed by atoms with Crippen molar-refractivity contribution in [2.45, 2.75) is 86.6 Å². The van der Waals surface area contributed by atoms with Crippen molar-refractivity contribution in [2.75, 3.05) is 0 Å². The second-order valence-electron chi connectivity index (χ2n) is 7.88. The smallest absolute Gasteiger partial charge is 0.157 e. The summed E-state index contributed by atoms with van der Waals surface area (Å²) in [7, 11) is 0. The molecule has 0 saturated heterocycles. The highest BCUT2D eigenvalue weighted by atomic mass is 127. The summed E-state index contributed by atoms with van der Waals surface area (Å²) in [6, 6.07) is 0. The van der Waals surface area contributed by atoms with E-state index >= 15 is 0 Å². The first-order valence-electron chi connectivity index (χ1n) is 9.16. The molecule has 22 heavy (non-hydrogen) atoms. The Morgan fingerprint density at radius 3 is 1.73 bits per heavy atom. The highest BCUT2D eigenvalue weighted by molar-refractivity contribution is 14.1. The summed E-state index contributed by atoms with van der Waals surface area (Å²) in [5, 5.41) is 9.48. The average Bonchev–Trinajstić information content (AvgIpc) is 2.54. The number of aliphatic hydroxyl groups excluding tert-OH is 1. The van der Waals surface area contributed by atoms with Crippen molar-refractivity contribution in [2.24, 2.45) is 23.7 Å². The van der Waals surface area contributed by atoms with Gasteiger partial charge in [0.1, 0.15) is 6.17 Å². The number of halogens is 3. The highest BCUT2D eigenvalue weighted by Gasteiger charge is 2.44. The highest BCUT2D eigenvalue weighted by Crippen LogP contribution is 2.46. The summed E-state index contributed by atoms with van der Waals surface area (Å²) < 4.78 is 28.9. The van der Waals surface area contributed by atoms with Crippen molar-refractivity contribution in [1.82, 2.24) is 0 Å². The number of hydrogen-bond donors (Lipinski definition) is 1. The molecule has 0 spiro atoms. The molecule has 0 radical (unpaired) electrons. The quantitative estimate of drug-likeness (QED) is 0.474. The van der Waals surface area contributed by atoms with E-state index in [-0.39, 0.29) is 5.92 Å². The lowest BCUT2D eigenvalue weighted by atomic mass is 9.66. The van der Waals surface area contributed by atoms with E-state index in [1.165, 1.54) is 38.5 Å². The standard InChI is InChI=1S/C18H29F2IO/c19-17-15(9-10-16(22)18(17)20)13-3-1-11(2-4-13)12-5-7-14(21)8-6-12/h11-18,22H,1-10H2. The molecule has 4 atom stereocenters. The van der Waals surface area contributed by atoms with Crippen LogP contribution in [0.3, 0.4) is 0 Å². The zero-order valence-electron chi connectivity index (χ0n) is 13.3. The lowest BCUT2D eigenvalue weighted by Crippen LogP contribution is -2.44. The van der Waals surface area contributed by atoms with Crippen molar-refractivity contribution in [3.05, 3.63) is 0 Å². The molecule has 3 aliphatic carbocycles. The normalized spacial score (nSPS) is 50.7. The van der Waals surface area contributed by atoms with Crippen LogP contribution in [0.4, 0.5) is 8.78 Å². The Morgan fingerprint density at radius 2 is 1.14 bits per heavy atom. The van der Waals surface area contributed by atoms with Crippen LogP contribution in [-0.2, 0) is 0 Å². The maximum absolute atomic E-state index is 14.2. The van der Waals surface area contributed by atoms with Crippen LogP contribution in [0.25, 0.3) is 0 Å². The molecule has 3 saturated carbocycles. The molecule has 1 nitrogen and oxygen atoms in total. The minimum Gasteiger partial charge on any atom is -0.390 e. The Hall–Kier alpha value is 0.550. The van der Waals surface area contributed by atoms with Crippen LogP contribution in [0.5, 0.6) is 0 Å². The molecule has 0 bridgehead atoms. The third-order valence-electron chi connectivity index (χ3n) is 6.67. The van der Waals surface area contributed by atoms with E-state index in [0.717, 1.165) is 28.6 Å². The van der Waals surface area contributed by atoms with Crippen LogP contribution in [-0.4, -0.2) is 27.5 Å². The van der Waals surface area contributed by atoms with Crippen molar-refractivity contribution in [3.63, 3.8) is 0 Å². The van der Waals surface area contributed by atoms with Crippen LogP contribution in [0.1, 0.15) is 64.2 Å². The third-order valence-corrected chi connectivity index (χ3v) is 7.91. The van der Waals surface area contributed by atoms with Gasteiger partial charge < -0.3 is 5.11 Å². The third kappa shape index (κ3) is 3.79. The summed E-state index contributed by atoms with van der Waals surface area (Å²) in [4.78, 5) is 0. The molecular formula is C18H29F2IO. The van der Waals surface area contributed by atoms with Gasteiger partial charge in [-0.15, -0.1) is 0 Å². The summed E-state index contributed by atoms with van der Waals surface area (Å²) in [6.07, 6.45) is 6.96. The van der Waals surface area contributed by atoms with Gasteiger partial charge in [0.15, 0.2) is 6.17 Å². The van der Waals surface area contributed by atoms with Gasteiger partial charge >= 0.3 is 0 Å². The van der Waals surface area contributed by atoms with Gasteiger partial charge in [-0.2, -0.15) is 0 Å². The van der Waals surface area contributed by atoms with Crippen LogP contribution < -0.4 is 0 Å². The fourth-order valence-corrected chi connectivity index (χ4v) is 5.94. The maximum atomic E-state index is 14.2. The van der Waals surface area contributed by atoms with Crippen LogP contribution in [0, 0.1) is 23.7 Å². The lowest BCUT2D eigenvalue weighted by molar-refractivity contribution is -0.0560. The van der Waals surface area contributed by atoms with Gasteiger partial charge in [-0.05, 0) is 87.9 Å². The molecule has 4 unspecified atom stereocenters. The number of aliphatic hydroxyl groups is 1. The van der Waals surface area contributed by atoms with Crippen molar-refractivity contribution in [3.8, 4) is 0 Å². The first-order valence-corrected chi connectivity index (χ1v) is 10.4. The largest absolute Gasteiger partial charge is 0.390 e. The van der Waals surface area contributed by atoms with E-state index in [9.17, 15) is 13.9 Å². The molecule has 0 aliphatic heterocycles. The molecule has 0 aromatic heterocycles. The number of alkyl halides is 3. The second kappa shape index (κ2) is 7.62. The zero-order chi connectivity index (χ0) is 15.7. The fraction of sp³-hybridized carbons (Fsp3) is 1.00. The minimum absolute atomic E-state index is 0.149. The van der Waals surface area contributed by atoms with E-state index < -0.39 is 18.4 Å². The molecule has 0 aromatic rings. The zero-order valence-corrected chi connectivity index (χ0v) is 15.4. The number of rotatable bonds is 2. The summed E-state index contributed by atoms with van der Waals surface area (Å²) in [5.74, 6) is 1.91. The van der Waals surface area contributed by atoms with Gasteiger partial charge in [0.05, 0.1) is 6.10 Å². The Balaban J connectivity index is 1.49. The van der Waals surface area contributed by atoms with Gasteiger partial charge in [-0.25, -0.2) is 8.78 Å². The molecule has 128 valence electrons. The first kappa shape index (κ1) is 17.4. The van der Waals surface area contributed by atoms with Gasteiger partial charge in [0.2, 0.25) is 0 Å². The Kier molecular flexibility index (Phi) is 6.02. The first-order chi connectivity index (χ1) is 10.6. The predicted octanol–water partition coefficient (Wildman–Crippen LogP) is 5.23. The topological polar surface area (TPSA) is 20.2 Å². The molecular weight excluding hydrogens is 397 g/mol. The summed E-state index contributed by atoms with van der Waals surface area (Å²) in [5.41, 5.74) is 0. The molecule has 0 amide bonds. The summed E-state index contributed by atoms with van der Waals surface area (Å²) >= 11 is 2.58. The van der Waals surface area contributed by atoms with Gasteiger partial charge in [-0.3, -0.25) is 0 Å². The Labute approximate surface area is 146 Å². The second-order valence-corrected chi connectivity index (χ2v) is 9.65. The van der Waals surface area contributed by atoms with Crippen LogP contribution in [0.15, 0.2) is 0 Å². The van der Waals surface area contributed by atoms with E-state index in [4.69, 9.17) is 0 Å². The molecule has 4 heteroatoms. The molecule has 3 fully saturated rings. The maximum Gasteiger partial charge on any atom is 0.157 e. The Bertz CT molecular complexity index is 351. The van der Waals surface area contributed by atoms with E-state index in [0.29, 0.717) is 18.8 Å². The molecule has 3 aliphatic rings. The van der Waals surface area contributed by atoms with E-state index in [2.05, 4.69) is 22.6 Å². The van der Waals surface area contributed by atoms with Crippen molar-refractivity contribution >= 4 is 22.6 Å². The van der Waals surface area contributed by atoms with Gasteiger partial charge in [-0.1, -0.05) is 22.6 Å². The van der Waals surface area contributed by atoms with E-state index in [1.807, 2.05) is 0 Å². The van der Waals surface area contributed by atoms with Crippen molar-refractivity contribution in [1.29, 1.82) is 0 Å². The number of hydrogen-bond acceptors (Lipinski definition) is 1. The van der Waals surface area contributed by atoms with Crippen molar-refractivity contribution < 1.29 is 13.9 Å². The average molecular weight is 426 g/mol. The monoisotopic (exact) mass is 426 g/mol. The predicted molar refractivity (Wildman–Crippen MR) is 93.7 cm³/mol. The Morgan fingerprint density at radius 1 is 0.636 bits per heavy atom. The molecule has 0 heterocycles. The van der Waals surface area contributed by atoms with Crippen LogP contribution >= 0.6 is 22.6 Å². The molecule has 0 aromatic carbocycles. The fourth-order valence-electron chi connectivity index (χ4n) is 5.22. The summed E-state index contributed by atoms with van der Waals surface area (Å²) in [6.45, 7) is 0. The minimum atomic E-state index is -1.66. The SMILES string of the molecule is OC1CCC(C2CCC(C3CCC(I)CC3)CC2)C(F)C1F. The molecule has 1 N–H and O–H groups in total.